The fourth-order valence-electron chi connectivity index (χ4n) is 3.09. The molecule has 0 radical (unpaired) electrons. The number of amides is 1. The molecule has 1 amide bonds. The lowest BCUT2D eigenvalue weighted by Crippen LogP contribution is -2.32. The molecule has 0 spiro atoms. The second kappa shape index (κ2) is 7.07. The Labute approximate surface area is 158 Å². The van der Waals surface area contributed by atoms with Crippen LogP contribution in [0.15, 0.2) is 65.7 Å². The number of hydrogen-bond donors (Lipinski definition) is 2. The third kappa shape index (κ3) is 3.16. The smallest absolute Gasteiger partial charge is 0.273 e. The molecule has 0 saturated heterocycles. The van der Waals surface area contributed by atoms with Crippen molar-refractivity contribution in [3.63, 3.8) is 0 Å². The topological polar surface area (TPSA) is 92.7 Å². The number of fused-ring (bicyclic) bond motifs is 1. The van der Waals surface area contributed by atoms with Crippen LogP contribution in [-0.4, -0.2) is 25.7 Å². The van der Waals surface area contributed by atoms with Gasteiger partial charge in [0.1, 0.15) is 17.7 Å². The number of H-pyrrole nitrogens is 1. The predicted molar refractivity (Wildman–Crippen MR) is 101 cm³/mol. The molecule has 1 atom stereocenters. The van der Waals surface area contributed by atoms with E-state index in [4.69, 9.17) is 0 Å². The molecule has 0 aliphatic rings. The first-order valence-electron chi connectivity index (χ1n) is 8.55. The molecule has 2 aromatic heterocycles. The summed E-state index contributed by atoms with van der Waals surface area (Å²) in [5.74, 6) is -0.277. The van der Waals surface area contributed by atoms with Gasteiger partial charge >= 0.3 is 0 Å². The van der Waals surface area contributed by atoms with E-state index in [9.17, 15) is 14.0 Å². The molecule has 0 saturated carbocycles. The van der Waals surface area contributed by atoms with E-state index < -0.39 is 11.9 Å². The fourth-order valence-corrected chi connectivity index (χ4v) is 3.09. The maximum atomic E-state index is 13.4. The maximum absolute atomic E-state index is 13.4. The lowest BCUT2D eigenvalue weighted by atomic mass is 10.0. The van der Waals surface area contributed by atoms with Gasteiger partial charge in [0.25, 0.3) is 11.5 Å². The monoisotopic (exact) mass is 377 g/mol. The fraction of sp³-hybridized carbons (Fsp3) is 0.100. The Kier molecular flexibility index (Phi) is 4.44. The minimum absolute atomic E-state index is 0.0940. The number of hydrogen-bond acceptors (Lipinski definition) is 4. The predicted octanol–water partition coefficient (Wildman–Crippen LogP) is 2.32. The normalized spacial score (nSPS) is 12.1. The number of imidazole rings is 1. The zero-order chi connectivity index (χ0) is 19.7. The first-order valence-corrected chi connectivity index (χ1v) is 8.55. The summed E-state index contributed by atoms with van der Waals surface area (Å²) >= 11 is 0. The maximum Gasteiger partial charge on any atom is 0.273 e. The minimum Gasteiger partial charge on any atom is -0.337 e. The number of rotatable bonds is 4. The van der Waals surface area contributed by atoms with E-state index in [0.717, 1.165) is 0 Å². The second-order valence-corrected chi connectivity index (χ2v) is 6.30. The standard InChI is InChI=1S/C20H16FN5O2/c1-26-11-10-22-18(26)16(12-6-8-13(21)9-7-12)23-20(28)17-14-4-2-3-5-15(14)19(27)25-24-17/h2-11,16H,1H3,(H,23,28)(H,25,27). The number of nitrogens with one attached hydrogen (secondary N) is 2. The van der Waals surface area contributed by atoms with Crippen molar-refractivity contribution < 1.29 is 9.18 Å². The van der Waals surface area contributed by atoms with Gasteiger partial charge in [-0.05, 0) is 23.8 Å². The van der Waals surface area contributed by atoms with Crippen molar-refractivity contribution in [2.24, 2.45) is 7.05 Å². The average molecular weight is 377 g/mol. The molecule has 0 fully saturated rings. The molecule has 1 unspecified atom stereocenters. The van der Waals surface area contributed by atoms with E-state index in [1.54, 1.807) is 60.4 Å². The Morgan fingerprint density at radius 2 is 1.86 bits per heavy atom. The summed E-state index contributed by atoms with van der Waals surface area (Å²) in [7, 11) is 1.80. The summed E-state index contributed by atoms with van der Waals surface area (Å²) < 4.78 is 15.1. The number of carbonyl (C=O) groups is 1. The number of nitrogens with zero attached hydrogens (tertiary/aromatic N) is 3. The highest BCUT2D eigenvalue weighted by Gasteiger charge is 2.23. The van der Waals surface area contributed by atoms with Crippen LogP contribution in [-0.2, 0) is 7.05 Å². The van der Waals surface area contributed by atoms with Crippen molar-refractivity contribution in [1.82, 2.24) is 25.1 Å². The highest BCUT2D eigenvalue weighted by atomic mass is 19.1. The zero-order valence-corrected chi connectivity index (χ0v) is 14.9. The van der Waals surface area contributed by atoms with Crippen LogP contribution in [0.5, 0.6) is 0 Å². The lowest BCUT2D eigenvalue weighted by molar-refractivity contribution is 0.0937. The summed E-state index contributed by atoms with van der Waals surface area (Å²) in [6, 6.07) is 11.9. The van der Waals surface area contributed by atoms with Gasteiger partial charge in [-0.1, -0.05) is 30.3 Å². The first kappa shape index (κ1) is 17.6. The molecule has 0 aliphatic carbocycles. The van der Waals surface area contributed by atoms with Crippen molar-refractivity contribution in [1.29, 1.82) is 0 Å². The summed E-state index contributed by atoms with van der Waals surface area (Å²) in [6.07, 6.45) is 3.37. The van der Waals surface area contributed by atoms with E-state index in [1.165, 1.54) is 12.1 Å². The van der Waals surface area contributed by atoms with Crippen LogP contribution in [0, 0.1) is 5.82 Å². The van der Waals surface area contributed by atoms with Gasteiger partial charge in [-0.3, -0.25) is 9.59 Å². The molecule has 0 aliphatic heterocycles. The Hall–Kier alpha value is -3.81. The molecule has 7 nitrogen and oxygen atoms in total. The van der Waals surface area contributed by atoms with Crippen molar-refractivity contribution in [3.05, 3.63) is 94.2 Å². The molecule has 0 bridgehead atoms. The lowest BCUT2D eigenvalue weighted by Gasteiger charge is -2.19. The highest BCUT2D eigenvalue weighted by molar-refractivity contribution is 6.04. The Morgan fingerprint density at radius 1 is 1.14 bits per heavy atom. The largest absolute Gasteiger partial charge is 0.337 e. The Balaban J connectivity index is 1.76. The van der Waals surface area contributed by atoms with Gasteiger partial charge in [-0.2, -0.15) is 5.10 Å². The molecular formula is C20H16FN5O2. The molecular weight excluding hydrogens is 361 g/mol. The van der Waals surface area contributed by atoms with E-state index in [2.05, 4.69) is 20.5 Å². The second-order valence-electron chi connectivity index (χ2n) is 6.30. The van der Waals surface area contributed by atoms with Crippen LogP contribution in [0.2, 0.25) is 0 Å². The van der Waals surface area contributed by atoms with E-state index >= 15 is 0 Å². The summed E-state index contributed by atoms with van der Waals surface area (Å²) in [6.45, 7) is 0. The molecule has 140 valence electrons. The van der Waals surface area contributed by atoms with Crippen LogP contribution in [0.3, 0.4) is 0 Å². The van der Waals surface area contributed by atoms with E-state index in [1.807, 2.05) is 0 Å². The van der Waals surface area contributed by atoms with Crippen molar-refractivity contribution in [2.45, 2.75) is 6.04 Å². The van der Waals surface area contributed by atoms with Gasteiger partial charge in [-0.15, -0.1) is 0 Å². The van der Waals surface area contributed by atoms with Crippen LogP contribution in [0.25, 0.3) is 10.8 Å². The number of benzene rings is 2. The summed E-state index contributed by atoms with van der Waals surface area (Å²) in [4.78, 5) is 29.3. The summed E-state index contributed by atoms with van der Waals surface area (Å²) in [5, 5.41) is 10.0. The minimum atomic E-state index is -0.624. The van der Waals surface area contributed by atoms with Crippen molar-refractivity contribution in [2.75, 3.05) is 0 Å². The van der Waals surface area contributed by atoms with Crippen LogP contribution in [0.1, 0.15) is 27.9 Å². The van der Waals surface area contributed by atoms with Crippen LogP contribution in [0.4, 0.5) is 4.39 Å². The zero-order valence-electron chi connectivity index (χ0n) is 14.9. The number of aromatic amines is 1. The van der Waals surface area contributed by atoms with Gasteiger partial charge in [0, 0.05) is 24.8 Å². The molecule has 2 N–H and O–H groups in total. The van der Waals surface area contributed by atoms with E-state index in [0.29, 0.717) is 22.2 Å². The van der Waals surface area contributed by atoms with Gasteiger partial charge in [-0.25, -0.2) is 14.5 Å². The number of aryl methyl sites for hydroxylation is 1. The SMILES string of the molecule is Cn1ccnc1C(NC(=O)c1n[nH]c(=O)c2ccccc12)c1ccc(F)cc1. The van der Waals surface area contributed by atoms with Gasteiger partial charge < -0.3 is 9.88 Å². The van der Waals surface area contributed by atoms with Gasteiger partial charge in [0.15, 0.2) is 5.69 Å². The van der Waals surface area contributed by atoms with Crippen LogP contribution < -0.4 is 10.9 Å². The molecule has 4 aromatic rings. The summed E-state index contributed by atoms with van der Waals surface area (Å²) in [5.41, 5.74) is 0.389. The van der Waals surface area contributed by atoms with Crippen molar-refractivity contribution >= 4 is 16.7 Å². The third-order valence-electron chi connectivity index (χ3n) is 4.51. The Bertz CT molecular complexity index is 1210. The number of carbonyl (C=O) groups excluding carboxylic acids is 1. The van der Waals surface area contributed by atoms with Gasteiger partial charge in [0.05, 0.1) is 5.39 Å². The molecule has 2 aromatic carbocycles. The number of halogens is 1. The number of aromatic nitrogens is 4. The highest BCUT2D eigenvalue weighted by Crippen LogP contribution is 2.22. The third-order valence-corrected chi connectivity index (χ3v) is 4.51. The molecule has 2 heterocycles. The van der Waals surface area contributed by atoms with E-state index in [-0.39, 0.29) is 17.1 Å². The van der Waals surface area contributed by atoms with Gasteiger partial charge in [0.2, 0.25) is 0 Å². The molecule has 28 heavy (non-hydrogen) atoms. The quantitative estimate of drug-likeness (QED) is 0.571. The first-order chi connectivity index (χ1) is 13.5. The molecule has 4 rings (SSSR count). The van der Waals surface area contributed by atoms with Crippen LogP contribution >= 0.6 is 0 Å². The molecule has 8 heteroatoms. The average Bonchev–Trinajstić information content (AvgIpc) is 3.13. The van der Waals surface area contributed by atoms with Crippen molar-refractivity contribution in [3.8, 4) is 0 Å². The Morgan fingerprint density at radius 3 is 2.54 bits per heavy atom.